The van der Waals surface area contributed by atoms with E-state index in [2.05, 4.69) is 22.1 Å². The first-order valence-electron chi connectivity index (χ1n) is 7.79. The zero-order valence-electron chi connectivity index (χ0n) is 14.6. The summed E-state index contributed by atoms with van der Waals surface area (Å²) in [5.41, 5.74) is 8.71. The van der Waals surface area contributed by atoms with E-state index in [1.165, 1.54) is 6.20 Å². The number of hydrogen-bond donors (Lipinski definition) is 4. The van der Waals surface area contributed by atoms with Crippen molar-refractivity contribution in [2.75, 3.05) is 39.0 Å². The van der Waals surface area contributed by atoms with Crippen LogP contribution in [0.25, 0.3) is 0 Å². The molecule has 0 aliphatic carbocycles. The quantitative estimate of drug-likeness (QED) is 0.408. The second kappa shape index (κ2) is 9.64. The van der Waals surface area contributed by atoms with Gasteiger partial charge in [-0.3, -0.25) is 10.2 Å². The van der Waals surface area contributed by atoms with E-state index in [4.69, 9.17) is 11.1 Å². The van der Waals surface area contributed by atoms with Gasteiger partial charge in [0.25, 0.3) is 5.91 Å². The van der Waals surface area contributed by atoms with Crippen LogP contribution in [-0.4, -0.2) is 50.2 Å². The van der Waals surface area contributed by atoms with Crippen LogP contribution in [0, 0.1) is 5.41 Å². The Bertz CT molecular complexity index is 619. The molecule has 130 valence electrons. The van der Waals surface area contributed by atoms with Crippen molar-refractivity contribution < 1.29 is 4.79 Å². The molecular weight excluding hydrogens is 302 g/mol. The number of nitrogens with two attached hydrogens (primary N) is 1. The number of carbonyl (C=O) groups is 1. The summed E-state index contributed by atoms with van der Waals surface area (Å²) in [6.07, 6.45) is 1.48. The lowest BCUT2D eigenvalue weighted by Crippen LogP contribution is -2.30. The maximum absolute atomic E-state index is 11.6. The van der Waals surface area contributed by atoms with E-state index < -0.39 is 0 Å². The molecule has 0 saturated heterocycles. The summed E-state index contributed by atoms with van der Waals surface area (Å²) in [7, 11) is 3.90. The number of hydrogen-bond acceptors (Lipinski definition) is 5. The third kappa shape index (κ3) is 5.98. The highest BCUT2D eigenvalue weighted by molar-refractivity contribution is 6.11. The molecule has 0 atom stereocenters. The number of rotatable bonds is 9. The molecule has 6 heteroatoms. The second-order valence-electron chi connectivity index (χ2n) is 5.72. The minimum absolute atomic E-state index is 0.216. The van der Waals surface area contributed by atoms with Crippen LogP contribution >= 0.6 is 0 Å². The van der Waals surface area contributed by atoms with Crippen LogP contribution in [-0.2, 0) is 4.79 Å². The predicted molar refractivity (Wildman–Crippen MR) is 100 cm³/mol. The lowest BCUT2D eigenvalue weighted by Gasteiger charge is -2.19. The summed E-state index contributed by atoms with van der Waals surface area (Å²) in [6.45, 7) is 7.60. The number of benzene rings is 1. The third-order valence-electron chi connectivity index (χ3n) is 3.53. The number of anilines is 1. The monoisotopic (exact) mass is 329 g/mol. The van der Waals surface area contributed by atoms with Gasteiger partial charge in [0.15, 0.2) is 0 Å². The van der Waals surface area contributed by atoms with E-state index >= 15 is 0 Å². The molecule has 0 fully saturated rings. The van der Waals surface area contributed by atoms with Gasteiger partial charge in [-0.05, 0) is 38.7 Å². The van der Waals surface area contributed by atoms with Crippen molar-refractivity contribution in [1.29, 1.82) is 5.41 Å². The molecular formula is C18H27N5O. The average molecular weight is 329 g/mol. The molecule has 0 aliphatic rings. The van der Waals surface area contributed by atoms with Crippen LogP contribution in [0.2, 0.25) is 0 Å². The van der Waals surface area contributed by atoms with Gasteiger partial charge >= 0.3 is 0 Å². The average Bonchev–Trinajstić information content (AvgIpc) is 2.57. The first-order chi connectivity index (χ1) is 11.4. The molecule has 6 nitrogen and oxygen atoms in total. The Labute approximate surface area is 143 Å². The van der Waals surface area contributed by atoms with Crippen LogP contribution in [0.5, 0.6) is 0 Å². The number of nitrogens with zero attached hydrogens (tertiary/aromatic N) is 1. The van der Waals surface area contributed by atoms with Gasteiger partial charge in [0.1, 0.15) is 0 Å². The second-order valence-corrected chi connectivity index (χ2v) is 5.72. The van der Waals surface area contributed by atoms with Gasteiger partial charge in [0.2, 0.25) is 0 Å². The molecule has 24 heavy (non-hydrogen) atoms. The standard InChI is InChI=1S/C18H27N5O/c1-13(2)18(24)22-16-7-5-14(6-8-16)17(20)15(11-19)12-23(4)10-9-21-3/h5-8,11,20-21H,1,9-10,12,19H2,2-4H3,(H,22,24)/b15-11-,20-17?. The highest BCUT2D eigenvalue weighted by Gasteiger charge is 2.11. The fourth-order valence-corrected chi connectivity index (χ4v) is 2.03. The van der Waals surface area contributed by atoms with E-state index in [0.29, 0.717) is 23.5 Å². The van der Waals surface area contributed by atoms with Gasteiger partial charge < -0.3 is 21.3 Å². The van der Waals surface area contributed by atoms with E-state index in [0.717, 1.165) is 24.2 Å². The molecule has 0 bridgehead atoms. The SMILES string of the molecule is C=C(C)C(=O)Nc1ccc(C(=N)/C(=C\N)CN(C)CCNC)cc1. The highest BCUT2D eigenvalue weighted by Crippen LogP contribution is 2.14. The van der Waals surface area contributed by atoms with Crippen LogP contribution in [0.4, 0.5) is 5.69 Å². The summed E-state index contributed by atoms with van der Waals surface area (Å²) in [5.74, 6) is -0.216. The Balaban J connectivity index is 2.75. The molecule has 1 rings (SSSR count). The summed E-state index contributed by atoms with van der Waals surface area (Å²) >= 11 is 0. The zero-order chi connectivity index (χ0) is 18.1. The van der Waals surface area contributed by atoms with E-state index in [1.54, 1.807) is 31.2 Å². The van der Waals surface area contributed by atoms with E-state index in [1.807, 2.05) is 14.1 Å². The Morgan fingerprint density at radius 1 is 1.38 bits per heavy atom. The molecule has 0 radical (unpaired) electrons. The van der Waals surface area contributed by atoms with Crippen molar-refractivity contribution in [2.24, 2.45) is 5.73 Å². The fraction of sp³-hybridized carbons (Fsp3) is 0.333. The minimum Gasteiger partial charge on any atom is -0.404 e. The van der Waals surface area contributed by atoms with Gasteiger partial charge in [-0.25, -0.2) is 0 Å². The van der Waals surface area contributed by atoms with E-state index in [9.17, 15) is 4.79 Å². The molecule has 0 unspecified atom stereocenters. The molecule has 0 spiro atoms. The van der Waals surface area contributed by atoms with Crippen molar-refractivity contribution in [3.63, 3.8) is 0 Å². The van der Waals surface area contributed by atoms with Crippen LogP contribution in [0.3, 0.4) is 0 Å². The molecule has 0 aromatic heterocycles. The van der Waals surface area contributed by atoms with Gasteiger partial charge in [-0.15, -0.1) is 0 Å². The van der Waals surface area contributed by atoms with Gasteiger partial charge in [-0.1, -0.05) is 18.7 Å². The molecule has 5 N–H and O–H groups in total. The van der Waals surface area contributed by atoms with Crippen molar-refractivity contribution >= 4 is 17.3 Å². The van der Waals surface area contributed by atoms with Crippen LogP contribution in [0.1, 0.15) is 12.5 Å². The zero-order valence-corrected chi connectivity index (χ0v) is 14.6. The fourth-order valence-electron chi connectivity index (χ4n) is 2.03. The van der Waals surface area contributed by atoms with Crippen molar-refractivity contribution in [1.82, 2.24) is 10.2 Å². The maximum Gasteiger partial charge on any atom is 0.250 e. The molecule has 1 aromatic rings. The van der Waals surface area contributed by atoms with Crippen molar-refractivity contribution in [3.8, 4) is 0 Å². The topological polar surface area (TPSA) is 94.2 Å². The van der Waals surface area contributed by atoms with Crippen molar-refractivity contribution in [3.05, 3.63) is 53.8 Å². The largest absolute Gasteiger partial charge is 0.404 e. The summed E-state index contributed by atoms with van der Waals surface area (Å²) in [5, 5.41) is 14.2. The number of likely N-dealkylation sites (N-methyl/N-ethyl adjacent to an activating group) is 2. The van der Waals surface area contributed by atoms with E-state index in [-0.39, 0.29) is 5.91 Å². The number of nitrogens with one attached hydrogen (secondary N) is 3. The highest BCUT2D eigenvalue weighted by atomic mass is 16.1. The van der Waals surface area contributed by atoms with Gasteiger partial charge in [0, 0.05) is 42.7 Å². The Hall–Kier alpha value is -2.44. The van der Waals surface area contributed by atoms with Gasteiger partial charge in [0.05, 0.1) is 5.71 Å². The number of carbonyl (C=O) groups excluding carboxylic acids is 1. The molecule has 1 amide bonds. The lowest BCUT2D eigenvalue weighted by atomic mass is 10.0. The third-order valence-corrected chi connectivity index (χ3v) is 3.53. The summed E-state index contributed by atoms with van der Waals surface area (Å²) in [6, 6.07) is 7.13. The molecule has 0 aliphatic heterocycles. The Morgan fingerprint density at radius 3 is 2.50 bits per heavy atom. The maximum atomic E-state index is 11.6. The Kier molecular flexibility index (Phi) is 7.88. The van der Waals surface area contributed by atoms with Crippen LogP contribution in [0.15, 0.2) is 48.2 Å². The molecule has 0 heterocycles. The first-order valence-corrected chi connectivity index (χ1v) is 7.79. The predicted octanol–water partition coefficient (Wildman–Crippen LogP) is 1.56. The minimum atomic E-state index is -0.216. The smallest absolute Gasteiger partial charge is 0.250 e. The first kappa shape index (κ1) is 19.6. The summed E-state index contributed by atoms with van der Waals surface area (Å²) in [4.78, 5) is 13.7. The Morgan fingerprint density at radius 2 is 2.00 bits per heavy atom. The molecule has 1 aromatic carbocycles. The normalized spacial score (nSPS) is 11.4. The lowest BCUT2D eigenvalue weighted by molar-refractivity contribution is -0.112. The van der Waals surface area contributed by atoms with Crippen LogP contribution < -0.4 is 16.4 Å². The molecule has 0 saturated carbocycles. The number of amides is 1. The van der Waals surface area contributed by atoms with Gasteiger partial charge in [-0.2, -0.15) is 0 Å². The van der Waals surface area contributed by atoms with Crippen molar-refractivity contribution in [2.45, 2.75) is 6.92 Å². The summed E-state index contributed by atoms with van der Waals surface area (Å²) < 4.78 is 0.